The van der Waals surface area contributed by atoms with E-state index in [0.717, 1.165) is 27.7 Å². The van der Waals surface area contributed by atoms with Crippen LogP contribution in [0.2, 0.25) is 0 Å². The molecule has 0 spiro atoms. The number of benzene rings is 3. The molecule has 8 nitrogen and oxygen atoms in total. The number of ether oxygens (including phenoxy) is 1. The molecule has 0 aliphatic carbocycles. The van der Waals surface area contributed by atoms with Gasteiger partial charge in [0.05, 0.1) is 17.4 Å². The van der Waals surface area contributed by atoms with Crippen LogP contribution in [0.3, 0.4) is 0 Å². The van der Waals surface area contributed by atoms with E-state index >= 15 is 0 Å². The first kappa shape index (κ1) is 28.7. The Morgan fingerprint density at radius 3 is 2.44 bits per heavy atom. The van der Waals surface area contributed by atoms with Crippen LogP contribution >= 0.6 is 0 Å². The van der Waals surface area contributed by atoms with Crippen molar-refractivity contribution in [1.82, 2.24) is 15.2 Å². The summed E-state index contributed by atoms with van der Waals surface area (Å²) in [6.45, 7) is 9.19. The Balaban J connectivity index is 1.36. The number of aromatic nitrogens is 1. The number of urea groups is 1. The number of aromatic amines is 1. The number of carbonyl (C=O) groups is 3. The summed E-state index contributed by atoms with van der Waals surface area (Å²) in [6, 6.07) is 21.6. The Morgan fingerprint density at radius 2 is 1.70 bits per heavy atom. The lowest BCUT2D eigenvalue weighted by molar-refractivity contribution is -0.120. The van der Waals surface area contributed by atoms with Crippen LogP contribution in [0.4, 0.5) is 10.5 Å². The molecule has 6 rings (SSSR count). The third-order valence-electron chi connectivity index (χ3n) is 8.42. The number of anilines is 1. The maximum absolute atomic E-state index is 14.3. The second-order valence-corrected chi connectivity index (χ2v) is 11.9. The van der Waals surface area contributed by atoms with Gasteiger partial charge >= 0.3 is 6.03 Å². The van der Waals surface area contributed by atoms with Crippen LogP contribution in [0.25, 0.3) is 10.9 Å². The minimum absolute atomic E-state index is 0.124. The van der Waals surface area contributed by atoms with E-state index in [9.17, 15) is 14.4 Å². The van der Waals surface area contributed by atoms with E-state index in [1.807, 2.05) is 32.0 Å². The van der Waals surface area contributed by atoms with E-state index in [-0.39, 0.29) is 23.5 Å². The number of amides is 4. The first-order valence-corrected chi connectivity index (χ1v) is 15.1. The number of H-pyrrole nitrogens is 1. The van der Waals surface area contributed by atoms with Crippen LogP contribution in [-0.2, 0) is 16.0 Å². The summed E-state index contributed by atoms with van der Waals surface area (Å²) < 4.78 is 5.57. The molecule has 0 saturated carbocycles. The zero-order valence-corrected chi connectivity index (χ0v) is 25.1. The highest BCUT2D eigenvalue weighted by molar-refractivity contribution is 6.24. The average Bonchev–Trinajstić information content (AvgIpc) is 3.49. The van der Waals surface area contributed by atoms with Gasteiger partial charge in [-0.1, -0.05) is 68.4 Å². The lowest BCUT2D eigenvalue weighted by Crippen LogP contribution is -2.44. The van der Waals surface area contributed by atoms with Gasteiger partial charge in [0.2, 0.25) is 0 Å². The van der Waals surface area contributed by atoms with E-state index in [1.54, 1.807) is 29.2 Å². The Morgan fingerprint density at radius 1 is 0.977 bits per heavy atom. The number of hydrogen-bond donors (Lipinski definition) is 2. The van der Waals surface area contributed by atoms with Crippen LogP contribution in [0.1, 0.15) is 78.8 Å². The number of para-hydroxylation sites is 2. The molecule has 0 radical (unpaired) electrons. The molecule has 1 aromatic heterocycles. The molecule has 4 amide bonds. The number of hydrogen-bond acceptors (Lipinski definition) is 4. The SMILES string of the molecule is CC(C)OCCCNC(=O)c1ccccc1N1C(=O)[C@@H]2Cc3c([nH]c4ccccc34)C(c3ccc(C(C)C)cc3)N2C1=O. The van der Waals surface area contributed by atoms with Gasteiger partial charge in [-0.25, -0.2) is 9.69 Å². The topological polar surface area (TPSA) is 94.7 Å². The van der Waals surface area contributed by atoms with Crippen molar-refractivity contribution in [1.29, 1.82) is 0 Å². The summed E-state index contributed by atoms with van der Waals surface area (Å²) >= 11 is 0. The Kier molecular flexibility index (Phi) is 7.79. The van der Waals surface area contributed by atoms with Gasteiger partial charge in [0.1, 0.15) is 12.1 Å². The fraction of sp³-hybridized carbons (Fsp3) is 0.343. The van der Waals surface area contributed by atoms with E-state index in [0.29, 0.717) is 37.6 Å². The molecule has 8 heteroatoms. The normalized spacial score (nSPS) is 18.1. The fourth-order valence-electron chi connectivity index (χ4n) is 6.25. The molecule has 2 N–H and O–H groups in total. The summed E-state index contributed by atoms with van der Waals surface area (Å²) in [7, 11) is 0. The average molecular weight is 579 g/mol. The summed E-state index contributed by atoms with van der Waals surface area (Å²) in [6.07, 6.45) is 1.18. The molecule has 3 heterocycles. The van der Waals surface area contributed by atoms with Crippen LogP contribution in [0.5, 0.6) is 0 Å². The van der Waals surface area contributed by atoms with Gasteiger partial charge in [0.25, 0.3) is 11.8 Å². The quantitative estimate of drug-likeness (QED) is 0.180. The Bertz CT molecular complexity index is 1670. The van der Waals surface area contributed by atoms with Gasteiger partial charge in [-0.05, 0) is 61.1 Å². The number of fused-ring (bicyclic) bond motifs is 4. The van der Waals surface area contributed by atoms with Crippen LogP contribution in [0, 0.1) is 0 Å². The molecule has 2 aliphatic rings. The number of carbonyl (C=O) groups excluding carboxylic acids is 3. The lowest BCUT2D eigenvalue weighted by atomic mass is 9.88. The molecule has 43 heavy (non-hydrogen) atoms. The molecule has 1 unspecified atom stereocenters. The largest absolute Gasteiger partial charge is 0.379 e. The lowest BCUT2D eigenvalue weighted by Gasteiger charge is -2.36. The first-order valence-electron chi connectivity index (χ1n) is 15.1. The summed E-state index contributed by atoms with van der Waals surface area (Å²) in [4.78, 5) is 48.3. The third kappa shape index (κ3) is 5.20. The number of imide groups is 1. The van der Waals surface area contributed by atoms with Crippen molar-refractivity contribution in [2.24, 2.45) is 0 Å². The maximum Gasteiger partial charge on any atom is 0.332 e. The van der Waals surface area contributed by atoms with Gasteiger partial charge < -0.3 is 15.0 Å². The summed E-state index contributed by atoms with van der Waals surface area (Å²) in [5, 5.41) is 3.98. The van der Waals surface area contributed by atoms with Crippen molar-refractivity contribution < 1.29 is 19.1 Å². The third-order valence-corrected chi connectivity index (χ3v) is 8.42. The monoisotopic (exact) mass is 578 g/mol. The predicted molar refractivity (Wildman–Crippen MR) is 167 cm³/mol. The zero-order chi connectivity index (χ0) is 30.2. The van der Waals surface area contributed by atoms with Gasteiger partial charge in [-0.15, -0.1) is 0 Å². The van der Waals surface area contributed by atoms with E-state index in [2.05, 4.69) is 54.5 Å². The van der Waals surface area contributed by atoms with Gasteiger partial charge in [-0.3, -0.25) is 14.5 Å². The first-order chi connectivity index (χ1) is 20.8. The van der Waals surface area contributed by atoms with Crippen molar-refractivity contribution in [3.8, 4) is 0 Å². The Labute approximate surface area is 252 Å². The second kappa shape index (κ2) is 11.7. The second-order valence-electron chi connectivity index (χ2n) is 11.9. The molecular formula is C35H38N4O4. The van der Waals surface area contributed by atoms with E-state index in [4.69, 9.17) is 4.74 Å². The van der Waals surface area contributed by atoms with Crippen molar-refractivity contribution in [2.45, 2.75) is 64.6 Å². The van der Waals surface area contributed by atoms with Gasteiger partial charge in [-0.2, -0.15) is 0 Å². The van der Waals surface area contributed by atoms with Crippen molar-refractivity contribution in [3.05, 3.63) is 101 Å². The molecule has 3 aromatic carbocycles. The smallest absolute Gasteiger partial charge is 0.332 e. The van der Waals surface area contributed by atoms with E-state index < -0.39 is 18.1 Å². The molecule has 2 atom stereocenters. The van der Waals surface area contributed by atoms with Crippen LogP contribution < -0.4 is 10.2 Å². The van der Waals surface area contributed by atoms with Crippen LogP contribution in [0.15, 0.2) is 72.8 Å². The molecule has 1 saturated heterocycles. The number of nitrogens with one attached hydrogen (secondary N) is 2. The number of rotatable bonds is 9. The fourth-order valence-corrected chi connectivity index (χ4v) is 6.25. The molecule has 1 fully saturated rings. The predicted octanol–water partition coefficient (Wildman–Crippen LogP) is 6.32. The Hall–Kier alpha value is -4.43. The minimum Gasteiger partial charge on any atom is -0.379 e. The maximum atomic E-state index is 14.3. The zero-order valence-electron chi connectivity index (χ0n) is 25.1. The van der Waals surface area contributed by atoms with Crippen molar-refractivity contribution in [2.75, 3.05) is 18.1 Å². The molecule has 4 aromatic rings. The van der Waals surface area contributed by atoms with Crippen LogP contribution in [-0.4, -0.2) is 53.0 Å². The highest BCUT2D eigenvalue weighted by atomic mass is 16.5. The van der Waals surface area contributed by atoms with Gasteiger partial charge in [0, 0.05) is 36.2 Å². The molecule has 0 bridgehead atoms. The standard InChI is InChI=1S/C35H38N4O4/c1-21(2)23-14-16-24(17-15-23)32-31-27(25-10-5-7-12-28(25)37-31)20-30-34(41)39(35(42)38(30)32)29-13-8-6-11-26(29)33(40)36-18-9-19-43-22(3)4/h5-8,10-17,21-22,30,32,37H,9,18-20H2,1-4H3,(H,36,40)/t30-,32?/m0/s1. The molecule has 222 valence electrons. The highest BCUT2D eigenvalue weighted by Gasteiger charge is 2.53. The van der Waals surface area contributed by atoms with Gasteiger partial charge in [0.15, 0.2) is 0 Å². The van der Waals surface area contributed by atoms with Crippen molar-refractivity contribution in [3.63, 3.8) is 0 Å². The van der Waals surface area contributed by atoms with E-state index in [1.165, 1.54) is 10.5 Å². The molecule has 2 aliphatic heterocycles. The summed E-state index contributed by atoms with van der Waals surface area (Å²) in [5.74, 6) is -0.286. The van der Waals surface area contributed by atoms with Crippen molar-refractivity contribution >= 4 is 34.4 Å². The molecular weight excluding hydrogens is 540 g/mol. The minimum atomic E-state index is -0.696. The number of nitrogens with zero attached hydrogens (tertiary/aromatic N) is 2. The highest BCUT2D eigenvalue weighted by Crippen LogP contribution is 2.45. The summed E-state index contributed by atoms with van der Waals surface area (Å²) in [5.41, 5.74) is 5.67.